The molecule has 3 aromatic rings. The zero-order valence-electron chi connectivity index (χ0n) is 17.1. The minimum absolute atomic E-state index is 0.382. The van der Waals surface area contributed by atoms with Gasteiger partial charge in [0.25, 0.3) is 0 Å². The van der Waals surface area contributed by atoms with E-state index in [4.69, 9.17) is 9.05 Å². The van der Waals surface area contributed by atoms with Crippen molar-refractivity contribution in [1.29, 1.82) is 0 Å². The summed E-state index contributed by atoms with van der Waals surface area (Å²) in [5.74, 6) is 4.78. The summed E-state index contributed by atoms with van der Waals surface area (Å²) in [6.07, 6.45) is 2.09. The van der Waals surface area contributed by atoms with Gasteiger partial charge >= 0.3 is 0 Å². The normalized spacial score (nSPS) is 16.9. The van der Waals surface area contributed by atoms with Crippen LogP contribution < -0.4 is 0 Å². The van der Waals surface area contributed by atoms with Gasteiger partial charge in [-0.05, 0) is 26.2 Å². The number of hydrogen-bond donors (Lipinski definition) is 0. The summed E-state index contributed by atoms with van der Waals surface area (Å²) < 4.78 is 12.8. The highest BCUT2D eigenvalue weighted by atomic mass is 16.5. The fraction of sp³-hybridized carbons (Fsp3) is 0.600. The molecule has 1 atom stereocenters. The van der Waals surface area contributed by atoms with Crippen LogP contribution in [0, 0.1) is 19.8 Å². The average molecular weight is 384 g/mol. The Balaban J connectivity index is 1.49. The van der Waals surface area contributed by atoms with Crippen LogP contribution in [0.15, 0.2) is 21.2 Å². The van der Waals surface area contributed by atoms with E-state index in [0.717, 1.165) is 73.6 Å². The first-order valence-electron chi connectivity index (χ1n) is 9.96. The Labute approximate surface area is 164 Å². The van der Waals surface area contributed by atoms with E-state index in [9.17, 15) is 0 Å². The molecular weight excluding hydrogens is 356 g/mol. The topological polar surface area (TPSA) is 86.0 Å². The van der Waals surface area contributed by atoms with Gasteiger partial charge in [0.1, 0.15) is 23.2 Å². The van der Waals surface area contributed by atoms with E-state index in [1.807, 2.05) is 26.0 Å². The Kier molecular flexibility index (Phi) is 5.30. The van der Waals surface area contributed by atoms with Gasteiger partial charge in [-0.15, -0.1) is 10.2 Å². The van der Waals surface area contributed by atoms with Gasteiger partial charge in [-0.1, -0.05) is 24.2 Å². The van der Waals surface area contributed by atoms with E-state index < -0.39 is 0 Å². The highest BCUT2D eigenvalue weighted by molar-refractivity contribution is 5.07. The third-order valence-corrected chi connectivity index (χ3v) is 5.23. The van der Waals surface area contributed by atoms with E-state index in [-0.39, 0.29) is 0 Å². The lowest BCUT2D eigenvalue weighted by molar-refractivity contribution is 0.178. The molecule has 4 heterocycles. The largest absolute Gasteiger partial charge is 0.361 e. The minimum Gasteiger partial charge on any atom is -0.361 e. The molecule has 1 aliphatic rings. The number of fused-ring (bicyclic) bond motifs is 1. The molecule has 28 heavy (non-hydrogen) atoms. The zero-order chi connectivity index (χ0) is 19.7. The molecule has 0 radical (unpaired) electrons. The first-order valence-corrected chi connectivity index (χ1v) is 9.96. The molecule has 0 aliphatic carbocycles. The molecule has 0 aromatic carbocycles. The van der Waals surface area contributed by atoms with Crippen molar-refractivity contribution in [2.75, 3.05) is 6.54 Å². The molecule has 0 saturated carbocycles. The number of aryl methyl sites for hydroxylation is 3. The van der Waals surface area contributed by atoms with E-state index >= 15 is 0 Å². The van der Waals surface area contributed by atoms with Crippen molar-refractivity contribution >= 4 is 0 Å². The molecule has 0 saturated heterocycles. The van der Waals surface area contributed by atoms with Crippen LogP contribution in [-0.4, -0.2) is 36.5 Å². The molecule has 3 aromatic heterocycles. The predicted molar refractivity (Wildman–Crippen MR) is 103 cm³/mol. The van der Waals surface area contributed by atoms with Crippen LogP contribution in [0.3, 0.4) is 0 Å². The van der Waals surface area contributed by atoms with Crippen LogP contribution in [0.4, 0.5) is 0 Å². The Morgan fingerprint density at radius 2 is 1.71 bits per heavy atom. The van der Waals surface area contributed by atoms with E-state index in [2.05, 4.69) is 43.8 Å². The third kappa shape index (κ3) is 4.16. The molecule has 8 heteroatoms. The van der Waals surface area contributed by atoms with Crippen molar-refractivity contribution in [2.45, 2.75) is 66.1 Å². The molecule has 0 fully saturated rings. The number of nitrogens with zero attached hydrogens (tertiary/aromatic N) is 6. The lowest BCUT2D eigenvalue weighted by atomic mass is 9.97. The molecule has 0 unspecified atom stereocenters. The SMILES string of the molecule is Cc1cc(CN(Cc2cc(C)on2)C[C@H]2CCc3nnc(C(C)C)n3C2)no1. The van der Waals surface area contributed by atoms with Gasteiger partial charge < -0.3 is 13.6 Å². The summed E-state index contributed by atoms with van der Waals surface area (Å²) in [5.41, 5.74) is 1.89. The molecule has 150 valence electrons. The maximum atomic E-state index is 5.26. The monoisotopic (exact) mass is 384 g/mol. The second-order valence-electron chi connectivity index (χ2n) is 8.17. The van der Waals surface area contributed by atoms with Gasteiger partial charge in [0.05, 0.1) is 11.4 Å². The molecule has 4 rings (SSSR count). The second-order valence-corrected chi connectivity index (χ2v) is 8.17. The fourth-order valence-corrected chi connectivity index (χ4v) is 3.99. The summed E-state index contributed by atoms with van der Waals surface area (Å²) in [7, 11) is 0. The van der Waals surface area contributed by atoms with Crippen LogP contribution in [0.5, 0.6) is 0 Å². The van der Waals surface area contributed by atoms with Crippen LogP contribution >= 0.6 is 0 Å². The molecule has 0 N–H and O–H groups in total. The van der Waals surface area contributed by atoms with Crippen LogP contribution in [0.2, 0.25) is 0 Å². The highest BCUT2D eigenvalue weighted by Crippen LogP contribution is 2.25. The van der Waals surface area contributed by atoms with E-state index in [0.29, 0.717) is 11.8 Å². The Hall–Kier alpha value is -2.48. The molecule has 8 nitrogen and oxygen atoms in total. The Morgan fingerprint density at radius 3 is 2.25 bits per heavy atom. The summed E-state index contributed by atoms with van der Waals surface area (Å²) in [4.78, 5) is 2.38. The summed E-state index contributed by atoms with van der Waals surface area (Å²) in [6.45, 7) is 11.6. The van der Waals surface area contributed by atoms with Crippen molar-refractivity contribution in [3.8, 4) is 0 Å². The summed E-state index contributed by atoms with van der Waals surface area (Å²) >= 11 is 0. The molecule has 0 bridgehead atoms. The van der Waals surface area contributed by atoms with Gasteiger partial charge in [0.2, 0.25) is 0 Å². The van der Waals surface area contributed by atoms with Crippen molar-refractivity contribution < 1.29 is 9.05 Å². The molecular formula is C20H28N6O2. The molecule has 0 amide bonds. The first kappa shape index (κ1) is 18.9. The van der Waals surface area contributed by atoms with Crippen molar-refractivity contribution in [2.24, 2.45) is 5.92 Å². The standard InChI is InChI=1S/C20H28N6O2/c1-13(2)20-22-21-19-6-5-16(10-26(19)20)9-25(11-17-7-14(3)27-23-17)12-18-8-15(4)28-24-18/h7-8,13,16H,5-6,9-12H2,1-4H3/t16-/m1/s1. The maximum absolute atomic E-state index is 5.26. The fourth-order valence-electron chi connectivity index (χ4n) is 3.99. The van der Waals surface area contributed by atoms with Gasteiger partial charge in [-0.2, -0.15) is 0 Å². The van der Waals surface area contributed by atoms with Gasteiger partial charge in [0.15, 0.2) is 0 Å². The maximum Gasteiger partial charge on any atom is 0.135 e. The lowest BCUT2D eigenvalue weighted by Gasteiger charge is -2.30. The lowest BCUT2D eigenvalue weighted by Crippen LogP contribution is -2.34. The van der Waals surface area contributed by atoms with Crippen molar-refractivity contribution in [3.63, 3.8) is 0 Å². The third-order valence-electron chi connectivity index (χ3n) is 5.23. The Bertz CT molecular complexity index is 883. The predicted octanol–water partition coefficient (Wildman–Crippen LogP) is 3.26. The highest BCUT2D eigenvalue weighted by Gasteiger charge is 2.26. The first-order chi connectivity index (χ1) is 13.5. The van der Waals surface area contributed by atoms with Crippen molar-refractivity contribution in [3.05, 3.63) is 46.7 Å². The smallest absolute Gasteiger partial charge is 0.135 e. The molecule has 0 spiro atoms. The minimum atomic E-state index is 0.382. The van der Waals surface area contributed by atoms with Crippen LogP contribution in [0.25, 0.3) is 0 Å². The summed E-state index contributed by atoms with van der Waals surface area (Å²) in [6, 6.07) is 3.99. The second kappa shape index (κ2) is 7.87. The van der Waals surface area contributed by atoms with Gasteiger partial charge in [-0.3, -0.25) is 4.90 Å². The van der Waals surface area contributed by atoms with E-state index in [1.165, 1.54) is 0 Å². The quantitative estimate of drug-likeness (QED) is 0.618. The van der Waals surface area contributed by atoms with E-state index in [1.54, 1.807) is 0 Å². The average Bonchev–Trinajstić information content (AvgIpc) is 3.35. The van der Waals surface area contributed by atoms with Crippen LogP contribution in [-0.2, 0) is 26.1 Å². The number of aromatic nitrogens is 5. The van der Waals surface area contributed by atoms with Gasteiger partial charge in [0, 0.05) is 50.7 Å². The summed E-state index contributed by atoms with van der Waals surface area (Å²) in [5, 5.41) is 17.1. The Morgan fingerprint density at radius 1 is 1.07 bits per heavy atom. The van der Waals surface area contributed by atoms with Crippen molar-refractivity contribution in [1.82, 2.24) is 30.0 Å². The van der Waals surface area contributed by atoms with Crippen LogP contribution in [0.1, 0.15) is 60.7 Å². The molecule has 1 aliphatic heterocycles. The number of rotatable bonds is 7. The van der Waals surface area contributed by atoms with Gasteiger partial charge in [-0.25, -0.2) is 0 Å². The number of hydrogen-bond acceptors (Lipinski definition) is 7. The zero-order valence-corrected chi connectivity index (χ0v) is 17.1.